The van der Waals surface area contributed by atoms with Gasteiger partial charge in [0.2, 0.25) is 0 Å². The molecule has 1 aromatic carbocycles. The van der Waals surface area contributed by atoms with E-state index in [0.717, 1.165) is 76.7 Å². The van der Waals surface area contributed by atoms with Crippen LogP contribution in [-0.2, 0) is 21.4 Å². The fourth-order valence-corrected chi connectivity index (χ4v) is 9.22. The summed E-state index contributed by atoms with van der Waals surface area (Å²) in [5, 5.41) is 23.3. The smallest absolute Gasteiger partial charge is 0.252 e. The molecule has 38 heavy (non-hydrogen) atoms. The predicted molar refractivity (Wildman–Crippen MR) is 140 cm³/mol. The zero-order valence-electron chi connectivity index (χ0n) is 22.3. The van der Waals surface area contributed by atoms with Crippen LogP contribution in [0.3, 0.4) is 0 Å². The van der Waals surface area contributed by atoms with E-state index in [1.165, 1.54) is 18.4 Å². The third-order valence-corrected chi connectivity index (χ3v) is 11.3. The number of phenols is 1. The summed E-state index contributed by atoms with van der Waals surface area (Å²) in [4.78, 5) is 20.9. The standard InChI is InChI=1S/C30H39N3O5/c1-31(10-11-32-12-14-37-15-13-32)26(35)21-17-28-6-7-30(21,36)27-29(28)8-9-33(18-19-2-3-19)23(28)16-20-4-5-22(34)25(38-27)24(20)29/h4-5,17,19,23,27,34,36H,2-3,6-16,18H2,1H3/t23-,27-,28-,29+,30-/m1/s1. The van der Waals surface area contributed by atoms with E-state index in [1.54, 1.807) is 11.0 Å². The van der Waals surface area contributed by atoms with Crippen molar-refractivity contribution >= 4 is 5.91 Å². The van der Waals surface area contributed by atoms with Gasteiger partial charge in [-0.25, -0.2) is 0 Å². The van der Waals surface area contributed by atoms with Crippen LogP contribution in [0.1, 0.15) is 43.2 Å². The molecule has 3 aliphatic heterocycles. The highest BCUT2D eigenvalue weighted by Crippen LogP contribution is 2.74. The molecule has 8 nitrogen and oxygen atoms in total. The van der Waals surface area contributed by atoms with Crippen molar-refractivity contribution in [2.45, 2.75) is 61.7 Å². The first kappa shape index (κ1) is 23.7. The first-order chi connectivity index (χ1) is 18.4. The van der Waals surface area contributed by atoms with Crippen molar-refractivity contribution in [2.75, 3.05) is 59.5 Å². The third kappa shape index (κ3) is 2.92. The Hall–Kier alpha value is -2.13. The monoisotopic (exact) mass is 521 g/mol. The van der Waals surface area contributed by atoms with E-state index in [-0.39, 0.29) is 23.1 Å². The van der Waals surface area contributed by atoms with E-state index in [9.17, 15) is 15.0 Å². The molecule has 8 aliphatic rings. The first-order valence-electron chi connectivity index (χ1n) is 14.6. The molecule has 4 fully saturated rings. The van der Waals surface area contributed by atoms with Gasteiger partial charge >= 0.3 is 0 Å². The van der Waals surface area contributed by atoms with Crippen LogP contribution in [0.4, 0.5) is 0 Å². The van der Waals surface area contributed by atoms with Crippen LogP contribution >= 0.6 is 0 Å². The number of likely N-dealkylation sites (N-methyl/N-ethyl adjacent to an activating group) is 1. The van der Waals surface area contributed by atoms with Crippen LogP contribution < -0.4 is 4.74 Å². The van der Waals surface area contributed by atoms with Crippen molar-refractivity contribution in [3.05, 3.63) is 34.9 Å². The number of morpholine rings is 1. The molecule has 2 saturated heterocycles. The molecule has 204 valence electrons. The average Bonchev–Trinajstić information content (AvgIpc) is 3.67. The number of amides is 1. The van der Waals surface area contributed by atoms with Crippen molar-refractivity contribution in [3.63, 3.8) is 0 Å². The fraction of sp³-hybridized carbons (Fsp3) is 0.700. The third-order valence-electron chi connectivity index (χ3n) is 11.3. The topological polar surface area (TPSA) is 85.7 Å². The van der Waals surface area contributed by atoms with Crippen LogP contribution in [0.25, 0.3) is 0 Å². The Balaban J connectivity index is 1.21. The van der Waals surface area contributed by atoms with Crippen LogP contribution in [0.2, 0.25) is 0 Å². The molecule has 0 aromatic heterocycles. The maximum Gasteiger partial charge on any atom is 0.252 e. The molecule has 8 heteroatoms. The van der Waals surface area contributed by atoms with Crippen LogP contribution in [0.5, 0.6) is 11.5 Å². The highest BCUT2D eigenvalue weighted by molar-refractivity contribution is 5.97. The van der Waals surface area contributed by atoms with Gasteiger partial charge in [-0.15, -0.1) is 0 Å². The van der Waals surface area contributed by atoms with E-state index in [4.69, 9.17) is 9.47 Å². The van der Waals surface area contributed by atoms with Gasteiger partial charge in [-0.3, -0.25) is 14.6 Å². The van der Waals surface area contributed by atoms with E-state index >= 15 is 0 Å². The summed E-state index contributed by atoms with van der Waals surface area (Å²) >= 11 is 0. The molecule has 5 atom stereocenters. The lowest BCUT2D eigenvalue weighted by atomic mass is 9.38. The number of ether oxygens (including phenoxy) is 2. The number of phenolic OH excluding ortho intramolecular Hbond substituents is 1. The minimum Gasteiger partial charge on any atom is -0.504 e. The SMILES string of the molecule is CN(CCN1CCOCC1)C(=O)C1=C[C@@]23CC[C@]1(O)[C@@H]1Oc4c(O)ccc5c4[C@@]12CCN(CC1CC1)[C@@H]3C5. The molecule has 4 bridgehead atoms. The predicted octanol–water partition coefficient (Wildman–Crippen LogP) is 1.67. The van der Waals surface area contributed by atoms with Crippen molar-refractivity contribution in [3.8, 4) is 11.5 Å². The normalized spacial score (nSPS) is 38.9. The molecule has 1 amide bonds. The Bertz CT molecular complexity index is 1220. The Morgan fingerprint density at radius 1 is 1.16 bits per heavy atom. The van der Waals surface area contributed by atoms with Gasteiger partial charge in [0.1, 0.15) is 11.7 Å². The van der Waals surface area contributed by atoms with E-state index in [1.807, 2.05) is 7.05 Å². The molecular formula is C30H39N3O5. The van der Waals surface area contributed by atoms with Gasteiger partial charge in [-0.2, -0.15) is 0 Å². The first-order valence-corrected chi connectivity index (χ1v) is 14.6. The number of hydrogen-bond donors (Lipinski definition) is 2. The summed E-state index contributed by atoms with van der Waals surface area (Å²) < 4.78 is 12.1. The number of aromatic hydroxyl groups is 1. The summed E-state index contributed by atoms with van der Waals surface area (Å²) in [5.74, 6) is 1.40. The van der Waals surface area contributed by atoms with Crippen molar-refractivity contribution in [2.24, 2.45) is 11.3 Å². The summed E-state index contributed by atoms with van der Waals surface area (Å²) in [6, 6.07) is 4.10. The lowest BCUT2D eigenvalue weighted by Crippen LogP contribution is -2.78. The second-order valence-corrected chi connectivity index (χ2v) is 13.0. The minimum absolute atomic E-state index is 0.0870. The zero-order chi connectivity index (χ0) is 25.9. The molecule has 9 rings (SSSR count). The number of fused-ring (bicyclic) bond motifs is 1. The maximum absolute atomic E-state index is 14.1. The van der Waals surface area contributed by atoms with Crippen molar-refractivity contribution in [1.82, 2.24) is 14.7 Å². The molecule has 2 N–H and O–H groups in total. The number of nitrogens with zero attached hydrogens (tertiary/aromatic N) is 3. The van der Waals surface area contributed by atoms with Crippen molar-refractivity contribution < 1.29 is 24.5 Å². The number of benzene rings is 1. The van der Waals surface area contributed by atoms with E-state index in [2.05, 4.69) is 21.9 Å². The number of carbonyl (C=O) groups is 1. The summed E-state index contributed by atoms with van der Waals surface area (Å²) in [5.41, 5.74) is 0.834. The molecule has 0 radical (unpaired) electrons. The number of hydrogen-bond acceptors (Lipinski definition) is 7. The van der Waals surface area contributed by atoms with Crippen molar-refractivity contribution in [1.29, 1.82) is 0 Å². The lowest BCUT2D eigenvalue weighted by Gasteiger charge is -2.70. The molecule has 5 aliphatic carbocycles. The highest BCUT2D eigenvalue weighted by Gasteiger charge is 2.78. The van der Waals surface area contributed by atoms with Crippen LogP contribution in [0.15, 0.2) is 23.8 Å². The molecule has 2 saturated carbocycles. The molecular weight excluding hydrogens is 482 g/mol. The molecule has 1 aromatic rings. The van der Waals surface area contributed by atoms with Gasteiger partial charge in [0.25, 0.3) is 5.91 Å². The number of carbonyl (C=O) groups excluding carboxylic acids is 1. The minimum atomic E-state index is -1.37. The van der Waals surface area contributed by atoms with Crippen LogP contribution in [0, 0.1) is 11.3 Å². The highest BCUT2D eigenvalue weighted by atomic mass is 16.5. The molecule has 2 spiro atoms. The number of piperidine rings is 1. The quantitative estimate of drug-likeness (QED) is 0.589. The molecule has 0 unspecified atom stereocenters. The Morgan fingerprint density at radius 3 is 2.76 bits per heavy atom. The zero-order valence-corrected chi connectivity index (χ0v) is 22.3. The lowest BCUT2D eigenvalue weighted by molar-refractivity contribution is -0.188. The Kier molecular flexibility index (Phi) is 4.97. The van der Waals surface area contributed by atoms with Gasteiger partial charge < -0.3 is 24.6 Å². The summed E-state index contributed by atoms with van der Waals surface area (Å²) in [7, 11) is 1.86. The maximum atomic E-state index is 14.1. The van der Waals surface area contributed by atoms with Gasteiger partial charge in [-0.05, 0) is 62.6 Å². The molecule has 3 heterocycles. The second-order valence-electron chi connectivity index (χ2n) is 13.0. The van der Waals surface area contributed by atoms with Gasteiger partial charge in [0.05, 0.1) is 18.6 Å². The van der Waals surface area contributed by atoms with Gasteiger partial charge in [0.15, 0.2) is 11.5 Å². The Morgan fingerprint density at radius 2 is 1.97 bits per heavy atom. The van der Waals surface area contributed by atoms with E-state index < -0.39 is 17.1 Å². The number of rotatable bonds is 6. The number of likely N-dealkylation sites (tertiary alicyclic amines) is 1. The van der Waals surface area contributed by atoms with Gasteiger partial charge in [-0.1, -0.05) is 12.1 Å². The fourth-order valence-electron chi connectivity index (χ4n) is 9.22. The average molecular weight is 522 g/mol. The van der Waals surface area contributed by atoms with E-state index in [0.29, 0.717) is 24.3 Å². The Labute approximate surface area is 224 Å². The second kappa shape index (κ2) is 7.96. The number of aliphatic hydroxyl groups is 1. The summed E-state index contributed by atoms with van der Waals surface area (Å²) in [6.07, 6.45) is 7.45. The van der Waals surface area contributed by atoms with Crippen LogP contribution in [-0.4, -0.2) is 108 Å². The largest absolute Gasteiger partial charge is 0.504 e. The summed E-state index contributed by atoms with van der Waals surface area (Å²) in [6.45, 7) is 6.75. The van der Waals surface area contributed by atoms with Gasteiger partial charge in [0, 0.05) is 62.4 Å².